The van der Waals surface area contributed by atoms with Gasteiger partial charge in [-0.25, -0.2) is 8.42 Å². The molecule has 1 atom stereocenters. The molecule has 1 saturated heterocycles. The van der Waals surface area contributed by atoms with Crippen molar-refractivity contribution in [2.24, 2.45) is 0 Å². The van der Waals surface area contributed by atoms with Gasteiger partial charge in [0.05, 0.1) is 5.75 Å². The van der Waals surface area contributed by atoms with Crippen LogP contribution in [0.1, 0.15) is 57.7 Å². The molecule has 0 radical (unpaired) electrons. The van der Waals surface area contributed by atoms with E-state index in [1.807, 2.05) is 0 Å². The van der Waals surface area contributed by atoms with Gasteiger partial charge in [0.25, 0.3) is 0 Å². The molecule has 25 heavy (non-hydrogen) atoms. The molecule has 142 valence electrons. The lowest BCUT2D eigenvalue weighted by Gasteiger charge is -2.48. The second-order valence-electron chi connectivity index (χ2n) is 8.59. The third kappa shape index (κ3) is 5.53. The molecule has 5 heteroatoms. The average Bonchev–Trinajstić information content (AvgIpc) is 2.51. The van der Waals surface area contributed by atoms with Gasteiger partial charge in [-0.1, -0.05) is 38.1 Å². The van der Waals surface area contributed by atoms with E-state index in [1.54, 1.807) is 0 Å². The van der Waals surface area contributed by atoms with Gasteiger partial charge in [-0.3, -0.25) is 9.80 Å². The first kappa shape index (κ1) is 20.4. The SMILES string of the molecule is CC(C)c1ccccc1C1CN(CCS(C)(=O)=O)CCN1C(C)(C)C. The van der Waals surface area contributed by atoms with Gasteiger partial charge in [-0.15, -0.1) is 0 Å². The predicted octanol–water partition coefficient (Wildman–Crippen LogP) is 3.31. The molecule has 1 aliphatic rings. The van der Waals surface area contributed by atoms with Gasteiger partial charge < -0.3 is 0 Å². The first-order valence-electron chi connectivity index (χ1n) is 9.24. The summed E-state index contributed by atoms with van der Waals surface area (Å²) in [6.45, 7) is 14.7. The highest BCUT2D eigenvalue weighted by molar-refractivity contribution is 7.90. The number of rotatable bonds is 5. The van der Waals surface area contributed by atoms with Gasteiger partial charge in [0.2, 0.25) is 0 Å². The molecule has 1 heterocycles. The summed E-state index contributed by atoms with van der Waals surface area (Å²) in [5.41, 5.74) is 2.86. The fourth-order valence-electron chi connectivity index (χ4n) is 3.75. The Hall–Kier alpha value is -0.910. The van der Waals surface area contributed by atoms with E-state index in [0.29, 0.717) is 18.5 Å². The predicted molar refractivity (Wildman–Crippen MR) is 106 cm³/mol. The third-order valence-electron chi connectivity index (χ3n) is 5.08. The van der Waals surface area contributed by atoms with Crippen molar-refractivity contribution >= 4 is 9.84 Å². The summed E-state index contributed by atoms with van der Waals surface area (Å²) in [4.78, 5) is 4.89. The standard InChI is InChI=1S/C20H34N2O2S/c1-16(2)17-9-7-8-10-18(17)19-15-21(13-14-25(6,23)24)11-12-22(19)20(3,4)5/h7-10,16,19H,11-15H2,1-6H3. The van der Waals surface area contributed by atoms with Crippen LogP contribution in [0.25, 0.3) is 0 Å². The van der Waals surface area contributed by atoms with Crippen molar-refractivity contribution in [1.29, 1.82) is 0 Å². The van der Waals surface area contributed by atoms with Crippen molar-refractivity contribution in [3.8, 4) is 0 Å². The summed E-state index contributed by atoms with van der Waals surface area (Å²) in [6, 6.07) is 9.02. The van der Waals surface area contributed by atoms with E-state index in [0.717, 1.165) is 19.6 Å². The fraction of sp³-hybridized carbons (Fsp3) is 0.700. The van der Waals surface area contributed by atoms with E-state index >= 15 is 0 Å². The molecule has 1 aromatic rings. The van der Waals surface area contributed by atoms with E-state index in [2.05, 4.69) is 68.7 Å². The Morgan fingerprint density at radius 3 is 2.36 bits per heavy atom. The molecule has 0 saturated carbocycles. The Kier molecular flexibility index (Phi) is 6.34. The smallest absolute Gasteiger partial charge is 0.148 e. The van der Waals surface area contributed by atoms with Crippen LogP contribution >= 0.6 is 0 Å². The van der Waals surface area contributed by atoms with Crippen molar-refractivity contribution < 1.29 is 8.42 Å². The van der Waals surface area contributed by atoms with Crippen LogP contribution in [-0.4, -0.2) is 61.9 Å². The average molecular weight is 367 g/mol. The summed E-state index contributed by atoms with van der Waals surface area (Å²) < 4.78 is 23.1. The van der Waals surface area contributed by atoms with Crippen LogP contribution in [0.4, 0.5) is 0 Å². The third-order valence-corrected chi connectivity index (χ3v) is 6.01. The maximum absolute atomic E-state index is 11.6. The van der Waals surface area contributed by atoms with Crippen LogP contribution in [0.15, 0.2) is 24.3 Å². The second kappa shape index (κ2) is 7.77. The summed E-state index contributed by atoms with van der Waals surface area (Å²) >= 11 is 0. The quantitative estimate of drug-likeness (QED) is 0.802. The lowest BCUT2D eigenvalue weighted by atomic mass is 9.88. The molecule has 0 bridgehead atoms. The van der Waals surface area contributed by atoms with Gasteiger partial charge in [-0.2, -0.15) is 0 Å². The van der Waals surface area contributed by atoms with Crippen molar-refractivity contribution in [3.63, 3.8) is 0 Å². The molecule has 1 unspecified atom stereocenters. The minimum atomic E-state index is -2.92. The number of sulfone groups is 1. The Balaban J connectivity index is 2.31. The second-order valence-corrected chi connectivity index (χ2v) is 10.9. The normalized spacial score (nSPS) is 21.0. The summed E-state index contributed by atoms with van der Waals surface area (Å²) in [7, 11) is -2.92. The first-order valence-corrected chi connectivity index (χ1v) is 11.3. The lowest BCUT2D eigenvalue weighted by Crippen LogP contribution is -2.55. The zero-order valence-corrected chi connectivity index (χ0v) is 17.4. The number of nitrogens with zero attached hydrogens (tertiary/aromatic N) is 2. The van der Waals surface area contributed by atoms with Crippen LogP contribution in [0, 0.1) is 0 Å². The van der Waals surface area contributed by atoms with Gasteiger partial charge >= 0.3 is 0 Å². The number of piperazine rings is 1. The van der Waals surface area contributed by atoms with E-state index in [9.17, 15) is 8.42 Å². The Morgan fingerprint density at radius 2 is 1.80 bits per heavy atom. The molecule has 4 nitrogen and oxygen atoms in total. The summed E-state index contributed by atoms with van der Waals surface area (Å²) in [6.07, 6.45) is 1.32. The van der Waals surface area contributed by atoms with E-state index in [1.165, 1.54) is 17.4 Å². The molecular formula is C20H34N2O2S. The van der Waals surface area contributed by atoms with E-state index in [4.69, 9.17) is 0 Å². The minimum Gasteiger partial charge on any atom is -0.299 e. The van der Waals surface area contributed by atoms with Gasteiger partial charge in [0, 0.05) is 44.0 Å². The van der Waals surface area contributed by atoms with Crippen LogP contribution < -0.4 is 0 Å². The van der Waals surface area contributed by atoms with Crippen molar-refractivity contribution in [1.82, 2.24) is 9.80 Å². The van der Waals surface area contributed by atoms with Crippen molar-refractivity contribution in [2.45, 2.75) is 52.1 Å². The van der Waals surface area contributed by atoms with Crippen molar-refractivity contribution in [2.75, 3.05) is 38.2 Å². The Bertz CT molecular complexity index is 677. The van der Waals surface area contributed by atoms with Crippen molar-refractivity contribution in [3.05, 3.63) is 35.4 Å². The van der Waals surface area contributed by atoms with Gasteiger partial charge in [0.15, 0.2) is 0 Å². The molecule has 0 N–H and O–H groups in total. The Morgan fingerprint density at radius 1 is 1.16 bits per heavy atom. The number of hydrogen-bond donors (Lipinski definition) is 0. The van der Waals surface area contributed by atoms with E-state index in [-0.39, 0.29) is 11.3 Å². The zero-order chi connectivity index (χ0) is 18.8. The topological polar surface area (TPSA) is 40.6 Å². The summed E-state index contributed by atoms with van der Waals surface area (Å²) in [5.74, 6) is 0.713. The fourth-order valence-corrected chi connectivity index (χ4v) is 4.34. The maximum atomic E-state index is 11.6. The van der Waals surface area contributed by atoms with Gasteiger partial charge in [-0.05, 0) is 37.8 Å². The molecule has 0 amide bonds. The largest absolute Gasteiger partial charge is 0.299 e. The molecule has 1 aromatic carbocycles. The molecular weight excluding hydrogens is 332 g/mol. The lowest BCUT2D eigenvalue weighted by molar-refractivity contribution is 0.0105. The van der Waals surface area contributed by atoms with Crippen LogP contribution in [0.2, 0.25) is 0 Å². The maximum Gasteiger partial charge on any atom is 0.148 e. The van der Waals surface area contributed by atoms with Gasteiger partial charge in [0.1, 0.15) is 9.84 Å². The van der Waals surface area contributed by atoms with Crippen LogP contribution in [-0.2, 0) is 9.84 Å². The molecule has 1 aliphatic heterocycles. The highest BCUT2D eigenvalue weighted by atomic mass is 32.2. The molecule has 0 aromatic heterocycles. The molecule has 1 fully saturated rings. The highest BCUT2D eigenvalue weighted by Crippen LogP contribution is 2.35. The Labute approximate surface area is 154 Å². The summed E-state index contributed by atoms with van der Waals surface area (Å²) in [5, 5.41) is 0. The molecule has 0 spiro atoms. The molecule has 0 aliphatic carbocycles. The molecule has 2 rings (SSSR count). The highest BCUT2D eigenvalue weighted by Gasteiger charge is 2.36. The minimum absolute atomic E-state index is 0.0810. The van der Waals surface area contributed by atoms with E-state index < -0.39 is 9.84 Å². The zero-order valence-electron chi connectivity index (χ0n) is 16.6. The number of hydrogen-bond acceptors (Lipinski definition) is 4. The number of benzene rings is 1. The van der Waals surface area contributed by atoms with Crippen LogP contribution in [0.5, 0.6) is 0 Å². The monoisotopic (exact) mass is 366 g/mol. The first-order chi connectivity index (χ1) is 11.5. The van der Waals surface area contributed by atoms with Crippen LogP contribution in [0.3, 0.4) is 0 Å².